The van der Waals surface area contributed by atoms with Gasteiger partial charge in [-0.2, -0.15) is 4.57 Å². The number of nitrogens with zero attached hydrogens (tertiary/aromatic N) is 4. The molecule has 0 saturated heterocycles. The Labute approximate surface area is 270 Å². The molecule has 0 aliphatic heterocycles. The molecule has 0 spiro atoms. The molecule has 0 aliphatic carbocycles. The highest BCUT2D eigenvalue weighted by Gasteiger charge is 2.29. The predicted octanol–water partition coefficient (Wildman–Crippen LogP) is 8.48. The number of aromatic nitrogens is 4. The normalized spacial score (nSPS) is 12.1. The zero-order valence-corrected chi connectivity index (χ0v) is 27.7. The van der Waals surface area contributed by atoms with E-state index in [2.05, 4.69) is 180 Å². The first-order valence-corrected chi connectivity index (χ1v) is 19.1. The van der Waals surface area contributed by atoms with Crippen molar-refractivity contribution in [1.82, 2.24) is 14.1 Å². The van der Waals surface area contributed by atoms with Crippen LogP contribution >= 0.6 is 0 Å². The molecule has 3 heterocycles. The molecule has 224 valence electrons. The van der Waals surface area contributed by atoms with Crippen molar-refractivity contribution in [2.75, 3.05) is 0 Å². The summed E-state index contributed by atoms with van der Waals surface area (Å²) in [5, 5.41) is 5.30. The van der Waals surface area contributed by atoms with E-state index in [-0.39, 0.29) is 0 Å². The van der Waals surface area contributed by atoms with Crippen molar-refractivity contribution in [3.8, 4) is 22.6 Å². The van der Waals surface area contributed by atoms with Gasteiger partial charge in [0.05, 0.1) is 17.1 Å². The van der Waals surface area contributed by atoms with Crippen molar-refractivity contribution < 1.29 is 4.57 Å². The van der Waals surface area contributed by atoms with Crippen molar-refractivity contribution in [3.05, 3.63) is 146 Å². The molecule has 8 rings (SSSR count). The molecule has 0 N–H and O–H groups in total. The van der Waals surface area contributed by atoms with Crippen LogP contribution in [0.1, 0.15) is 19.9 Å². The van der Waals surface area contributed by atoms with Crippen LogP contribution in [0.25, 0.3) is 55.5 Å². The number of benzene rings is 5. The number of rotatable bonds is 6. The molecule has 4 nitrogen and oxygen atoms in total. The van der Waals surface area contributed by atoms with Gasteiger partial charge in [0.25, 0.3) is 0 Å². The molecule has 0 fully saturated rings. The number of imidazole rings is 1. The van der Waals surface area contributed by atoms with Gasteiger partial charge < -0.3 is 0 Å². The van der Waals surface area contributed by atoms with E-state index in [0.717, 1.165) is 11.4 Å². The van der Waals surface area contributed by atoms with E-state index in [0.29, 0.717) is 6.04 Å². The van der Waals surface area contributed by atoms with Crippen molar-refractivity contribution >= 4 is 51.3 Å². The Balaban J connectivity index is 1.27. The molecule has 3 aromatic heterocycles. The van der Waals surface area contributed by atoms with Gasteiger partial charge >= 0.3 is 0 Å². The van der Waals surface area contributed by atoms with Gasteiger partial charge in [-0.25, -0.2) is 9.55 Å². The lowest BCUT2D eigenvalue weighted by Crippen LogP contribution is -2.52. The minimum atomic E-state index is -2.11. The highest BCUT2D eigenvalue weighted by molar-refractivity contribution is 7.00. The zero-order chi connectivity index (χ0) is 31.4. The van der Waals surface area contributed by atoms with Gasteiger partial charge in [-0.3, -0.25) is 4.57 Å². The Morgan fingerprint density at radius 3 is 2.15 bits per heavy atom. The lowest BCUT2D eigenvalue weighted by Gasteiger charge is -2.24. The van der Waals surface area contributed by atoms with Crippen LogP contribution in [0.3, 0.4) is 0 Å². The SMILES string of the molecule is CC(C)[n+]1cn(-c2cccc([Si](C)(C)c3ccc4c5ccccc5n(-c5cc(-c6ccccc6)ccn5)c4c3)c2)c2ccccc21. The van der Waals surface area contributed by atoms with E-state index >= 15 is 0 Å². The third-order valence-corrected chi connectivity index (χ3v) is 13.0. The van der Waals surface area contributed by atoms with Crippen LogP contribution in [-0.4, -0.2) is 22.2 Å². The lowest BCUT2D eigenvalue weighted by atomic mass is 10.1. The molecule has 0 amide bonds. The standard InChI is InChI=1S/C41H37N4Si/c1-29(2)43-28-44(39-20-11-10-19-38(39)43)32-15-12-16-33(26-32)46(3,4)34-21-22-36-35-17-8-9-18-37(35)45(40(36)27-34)41-25-31(23-24-42-41)30-13-6-5-7-14-30/h5-29H,1-4H3/q+1. The molecule has 8 aromatic rings. The zero-order valence-electron chi connectivity index (χ0n) is 26.7. The monoisotopic (exact) mass is 613 g/mol. The fourth-order valence-corrected chi connectivity index (χ4v) is 9.27. The first-order valence-electron chi connectivity index (χ1n) is 16.1. The highest BCUT2D eigenvalue weighted by Crippen LogP contribution is 2.32. The van der Waals surface area contributed by atoms with Crippen molar-refractivity contribution in [2.45, 2.75) is 33.0 Å². The summed E-state index contributed by atoms with van der Waals surface area (Å²) >= 11 is 0. The third-order valence-electron chi connectivity index (χ3n) is 9.54. The molecular weight excluding hydrogens is 577 g/mol. The Kier molecular flexibility index (Phi) is 6.73. The Morgan fingerprint density at radius 2 is 1.33 bits per heavy atom. The maximum Gasteiger partial charge on any atom is 0.250 e. The third kappa shape index (κ3) is 4.58. The molecule has 46 heavy (non-hydrogen) atoms. The summed E-state index contributed by atoms with van der Waals surface area (Å²) in [4.78, 5) is 4.91. The molecule has 0 unspecified atom stereocenters. The van der Waals surface area contributed by atoms with E-state index in [1.807, 2.05) is 6.20 Å². The van der Waals surface area contributed by atoms with Crippen LogP contribution in [0.5, 0.6) is 0 Å². The fraction of sp³-hybridized carbons (Fsp3) is 0.122. The summed E-state index contributed by atoms with van der Waals surface area (Å²) in [5.74, 6) is 0.934. The Bertz CT molecular complexity index is 2380. The molecule has 0 radical (unpaired) electrons. The summed E-state index contributed by atoms with van der Waals surface area (Å²) in [7, 11) is -2.11. The van der Waals surface area contributed by atoms with Crippen LogP contribution < -0.4 is 14.9 Å². The van der Waals surface area contributed by atoms with Crippen LogP contribution in [0.15, 0.2) is 146 Å². The first-order chi connectivity index (χ1) is 22.4. The second-order valence-electron chi connectivity index (χ2n) is 13.0. The summed E-state index contributed by atoms with van der Waals surface area (Å²) in [6.07, 6.45) is 4.18. The topological polar surface area (TPSA) is 26.6 Å². The van der Waals surface area contributed by atoms with E-state index in [1.165, 1.54) is 54.5 Å². The number of hydrogen-bond acceptors (Lipinski definition) is 1. The summed E-state index contributed by atoms with van der Waals surface area (Å²) in [6, 6.07) is 48.9. The fourth-order valence-electron chi connectivity index (χ4n) is 6.92. The van der Waals surface area contributed by atoms with Crippen molar-refractivity contribution in [3.63, 3.8) is 0 Å². The maximum atomic E-state index is 4.91. The Morgan fingerprint density at radius 1 is 0.609 bits per heavy atom. The second-order valence-corrected chi connectivity index (χ2v) is 17.4. The number of para-hydroxylation sites is 3. The first kappa shape index (κ1) is 28.2. The van der Waals surface area contributed by atoms with Crippen molar-refractivity contribution in [1.29, 1.82) is 0 Å². The smallest absolute Gasteiger partial charge is 0.250 e. The van der Waals surface area contributed by atoms with E-state index in [9.17, 15) is 0 Å². The van der Waals surface area contributed by atoms with Crippen LogP contribution in [0, 0.1) is 0 Å². The number of fused-ring (bicyclic) bond motifs is 4. The lowest BCUT2D eigenvalue weighted by molar-refractivity contribution is -0.691. The van der Waals surface area contributed by atoms with Crippen LogP contribution in [0.4, 0.5) is 0 Å². The molecule has 5 aromatic carbocycles. The molecule has 5 heteroatoms. The summed E-state index contributed by atoms with van der Waals surface area (Å²) in [6.45, 7) is 9.42. The Hall–Kier alpha value is -5.26. The maximum absolute atomic E-state index is 4.91. The van der Waals surface area contributed by atoms with E-state index in [4.69, 9.17) is 4.98 Å². The van der Waals surface area contributed by atoms with E-state index < -0.39 is 8.07 Å². The number of pyridine rings is 1. The van der Waals surface area contributed by atoms with Gasteiger partial charge in [0.15, 0.2) is 11.0 Å². The molecule has 0 aliphatic rings. The highest BCUT2D eigenvalue weighted by atomic mass is 28.3. The van der Waals surface area contributed by atoms with Gasteiger partial charge in [0.1, 0.15) is 19.6 Å². The largest absolute Gasteiger partial charge is 0.294 e. The van der Waals surface area contributed by atoms with E-state index in [1.54, 1.807) is 0 Å². The summed E-state index contributed by atoms with van der Waals surface area (Å²) < 4.78 is 7.05. The molecule has 0 bridgehead atoms. The van der Waals surface area contributed by atoms with Gasteiger partial charge in [-0.15, -0.1) is 0 Å². The minimum absolute atomic E-state index is 0.376. The van der Waals surface area contributed by atoms with Crippen molar-refractivity contribution in [2.24, 2.45) is 0 Å². The van der Waals surface area contributed by atoms with Crippen LogP contribution in [0.2, 0.25) is 13.1 Å². The quantitative estimate of drug-likeness (QED) is 0.137. The number of hydrogen-bond donors (Lipinski definition) is 0. The summed E-state index contributed by atoms with van der Waals surface area (Å²) in [5.41, 5.74) is 8.40. The van der Waals surface area contributed by atoms with Gasteiger partial charge in [0, 0.05) is 17.0 Å². The van der Waals surface area contributed by atoms with Gasteiger partial charge in [-0.1, -0.05) is 108 Å². The molecule has 0 saturated carbocycles. The average Bonchev–Trinajstić information content (AvgIpc) is 3.65. The minimum Gasteiger partial charge on any atom is -0.294 e. The second kappa shape index (κ2) is 11.0. The molecule has 0 atom stereocenters. The van der Waals surface area contributed by atoms with Gasteiger partial charge in [-0.05, 0) is 73.5 Å². The average molecular weight is 614 g/mol. The van der Waals surface area contributed by atoms with Gasteiger partial charge in [0.2, 0.25) is 6.33 Å². The predicted molar refractivity (Wildman–Crippen MR) is 195 cm³/mol. The van der Waals surface area contributed by atoms with Crippen LogP contribution in [-0.2, 0) is 0 Å². The molecular formula is C41H37N4Si+.